The van der Waals surface area contributed by atoms with Crippen LogP contribution in [0, 0.1) is 11.6 Å². The number of carbonyl (C=O) groups excluding carboxylic acids is 1. The molecule has 0 bridgehead atoms. The van der Waals surface area contributed by atoms with Gasteiger partial charge in [0.25, 0.3) is 5.91 Å². The Bertz CT molecular complexity index is 338. The van der Waals surface area contributed by atoms with E-state index in [4.69, 9.17) is 10.8 Å². The second-order valence-electron chi connectivity index (χ2n) is 2.15. The van der Waals surface area contributed by atoms with E-state index in [0.717, 1.165) is 0 Å². The molecule has 12 heavy (non-hydrogen) atoms. The Morgan fingerprint density at radius 1 is 1.42 bits per heavy atom. The summed E-state index contributed by atoms with van der Waals surface area (Å²) in [5.74, 6) is -4.17. The monoisotopic (exact) mass is 173 g/mol. The molecule has 1 aromatic carbocycles. The lowest BCUT2D eigenvalue weighted by Gasteiger charge is -2.00. The van der Waals surface area contributed by atoms with E-state index in [9.17, 15) is 13.6 Å². The van der Waals surface area contributed by atoms with Gasteiger partial charge in [-0.2, -0.15) is 0 Å². The minimum Gasteiger partial charge on any atom is -0.504 e. The summed E-state index contributed by atoms with van der Waals surface area (Å²) in [7, 11) is 0. The Morgan fingerprint density at radius 3 is 2.50 bits per heavy atom. The number of hydrogen-bond donors (Lipinski definition) is 2. The van der Waals surface area contributed by atoms with Crippen LogP contribution in [-0.4, -0.2) is 11.0 Å². The third-order valence-corrected chi connectivity index (χ3v) is 1.29. The maximum Gasteiger partial charge on any atom is 0.252 e. The van der Waals surface area contributed by atoms with Gasteiger partial charge in [-0.15, -0.1) is 0 Å². The van der Waals surface area contributed by atoms with Crippen LogP contribution >= 0.6 is 0 Å². The fraction of sp³-hybridized carbons (Fsp3) is 0. The van der Waals surface area contributed by atoms with Gasteiger partial charge in [0.05, 0.1) is 5.56 Å². The highest BCUT2D eigenvalue weighted by atomic mass is 19.1. The van der Waals surface area contributed by atoms with Crippen LogP contribution in [0.5, 0.6) is 5.75 Å². The van der Waals surface area contributed by atoms with E-state index in [0.29, 0.717) is 12.1 Å². The van der Waals surface area contributed by atoms with Gasteiger partial charge >= 0.3 is 0 Å². The van der Waals surface area contributed by atoms with Crippen LogP contribution in [0.3, 0.4) is 0 Å². The number of primary amides is 1. The van der Waals surface area contributed by atoms with E-state index < -0.39 is 28.9 Å². The van der Waals surface area contributed by atoms with Crippen molar-refractivity contribution in [1.82, 2.24) is 0 Å². The number of amides is 1. The molecule has 1 rings (SSSR count). The van der Waals surface area contributed by atoms with Crippen molar-refractivity contribution in [3.05, 3.63) is 29.3 Å². The number of rotatable bonds is 1. The summed E-state index contributed by atoms with van der Waals surface area (Å²) in [5, 5.41) is 8.85. The molecule has 5 heteroatoms. The molecule has 0 unspecified atom stereocenters. The number of carbonyl (C=O) groups is 1. The predicted molar refractivity (Wildman–Crippen MR) is 36.5 cm³/mol. The van der Waals surface area contributed by atoms with E-state index in [1.54, 1.807) is 0 Å². The van der Waals surface area contributed by atoms with Gasteiger partial charge in [-0.1, -0.05) is 0 Å². The Kier molecular flexibility index (Phi) is 1.95. The zero-order valence-electron chi connectivity index (χ0n) is 5.84. The second-order valence-corrected chi connectivity index (χ2v) is 2.15. The van der Waals surface area contributed by atoms with Crippen molar-refractivity contribution in [3.8, 4) is 5.75 Å². The molecule has 0 radical (unpaired) electrons. The van der Waals surface area contributed by atoms with Crippen molar-refractivity contribution in [1.29, 1.82) is 0 Å². The fourth-order valence-corrected chi connectivity index (χ4v) is 0.754. The van der Waals surface area contributed by atoms with Gasteiger partial charge in [-0.05, 0) is 6.07 Å². The third-order valence-electron chi connectivity index (χ3n) is 1.29. The number of halogens is 2. The number of nitrogens with two attached hydrogens (primary N) is 1. The highest BCUT2D eigenvalue weighted by Gasteiger charge is 2.13. The molecule has 0 aliphatic carbocycles. The molecule has 3 N–H and O–H groups in total. The SMILES string of the molecule is NC(=O)c1cc(F)cc(F)c1O. The zero-order chi connectivity index (χ0) is 9.30. The summed E-state index contributed by atoms with van der Waals surface area (Å²) in [4.78, 5) is 10.5. The molecule has 0 aromatic heterocycles. The molecule has 0 heterocycles. The van der Waals surface area contributed by atoms with Crippen LogP contribution in [0.25, 0.3) is 0 Å². The first-order valence-corrected chi connectivity index (χ1v) is 3.00. The molecule has 64 valence electrons. The van der Waals surface area contributed by atoms with Crippen LogP contribution in [0.1, 0.15) is 10.4 Å². The van der Waals surface area contributed by atoms with Crippen molar-refractivity contribution in [2.24, 2.45) is 5.73 Å². The standard InChI is InChI=1S/C7H5F2NO2/c8-3-1-4(7(10)12)6(11)5(9)2-3/h1-2,11H,(H2,10,12). The molecule has 1 amide bonds. The van der Waals surface area contributed by atoms with Gasteiger partial charge in [0.2, 0.25) is 0 Å². The second kappa shape index (κ2) is 2.77. The van der Waals surface area contributed by atoms with Crippen LogP contribution in [-0.2, 0) is 0 Å². The highest BCUT2D eigenvalue weighted by Crippen LogP contribution is 2.21. The van der Waals surface area contributed by atoms with Gasteiger partial charge in [0, 0.05) is 6.07 Å². The highest BCUT2D eigenvalue weighted by molar-refractivity contribution is 5.95. The van der Waals surface area contributed by atoms with E-state index in [1.807, 2.05) is 0 Å². The summed E-state index contributed by atoms with van der Waals surface area (Å²) < 4.78 is 24.9. The summed E-state index contributed by atoms with van der Waals surface area (Å²) >= 11 is 0. The summed E-state index contributed by atoms with van der Waals surface area (Å²) in [6.07, 6.45) is 0. The number of phenols is 1. The normalized spacial score (nSPS) is 9.83. The first kappa shape index (κ1) is 8.45. The molecular weight excluding hydrogens is 168 g/mol. The lowest BCUT2D eigenvalue weighted by molar-refractivity contribution is 0.0996. The fourth-order valence-electron chi connectivity index (χ4n) is 0.754. The topological polar surface area (TPSA) is 63.3 Å². The van der Waals surface area contributed by atoms with Gasteiger partial charge < -0.3 is 10.8 Å². The van der Waals surface area contributed by atoms with Gasteiger partial charge in [-0.3, -0.25) is 4.79 Å². The Hall–Kier alpha value is -1.65. The molecule has 0 aliphatic heterocycles. The summed E-state index contributed by atoms with van der Waals surface area (Å²) in [6.45, 7) is 0. The number of aromatic hydroxyl groups is 1. The van der Waals surface area contributed by atoms with Crippen molar-refractivity contribution < 1.29 is 18.7 Å². The average molecular weight is 173 g/mol. The maximum absolute atomic E-state index is 12.5. The average Bonchev–Trinajstić information content (AvgIpc) is 1.96. The Morgan fingerprint density at radius 2 is 2.00 bits per heavy atom. The van der Waals surface area contributed by atoms with Gasteiger partial charge in [-0.25, -0.2) is 8.78 Å². The zero-order valence-corrected chi connectivity index (χ0v) is 5.84. The molecule has 1 aromatic rings. The molecule has 0 fully saturated rings. The lowest BCUT2D eigenvalue weighted by Crippen LogP contribution is -2.12. The van der Waals surface area contributed by atoms with Crippen LogP contribution in [0.2, 0.25) is 0 Å². The van der Waals surface area contributed by atoms with Crippen LogP contribution in [0.15, 0.2) is 12.1 Å². The van der Waals surface area contributed by atoms with Gasteiger partial charge in [0.15, 0.2) is 11.6 Å². The van der Waals surface area contributed by atoms with E-state index in [1.165, 1.54) is 0 Å². The van der Waals surface area contributed by atoms with Crippen molar-refractivity contribution >= 4 is 5.91 Å². The molecule has 0 aliphatic rings. The van der Waals surface area contributed by atoms with Crippen LogP contribution in [0.4, 0.5) is 8.78 Å². The third kappa shape index (κ3) is 1.34. The van der Waals surface area contributed by atoms with Crippen LogP contribution < -0.4 is 5.73 Å². The minimum atomic E-state index is -1.20. The minimum absolute atomic E-state index is 0.460. The molecule has 3 nitrogen and oxygen atoms in total. The number of benzene rings is 1. The molecule has 0 spiro atoms. The Labute approximate surface area is 66.4 Å². The first-order valence-electron chi connectivity index (χ1n) is 3.00. The summed E-state index contributed by atoms with van der Waals surface area (Å²) in [6, 6.07) is 1.13. The van der Waals surface area contributed by atoms with Crippen molar-refractivity contribution in [2.45, 2.75) is 0 Å². The smallest absolute Gasteiger partial charge is 0.252 e. The Balaban J connectivity index is 3.37. The molecular formula is C7H5F2NO2. The summed E-state index contributed by atoms with van der Waals surface area (Å²) in [5.41, 5.74) is 4.16. The largest absolute Gasteiger partial charge is 0.504 e. The molecule has 0 atom stereocenters. The van der Waals surface area contributed by atoms with Crippen molar-refractivity contribution in [2.75, 3.05) is 0 Å². The van der Waals surface area contributed by atoms with E-state index in [-0.39, 0.29) is 0 Å². The first-order chi connectivity index (χ1) is 5.52. The van der Waals surface area contributed by atoms with Crippen molar-refractivity contribution in [3.63, 3.8) is 0 Å². The number of hydrogen-bond acceptors (Lipinski definition) is 2. The molecule has 0 saturated carbocycles. The molecule has 0 saturated heterocycles. The van der Waals surface area contributed by atoms with Gasteiger partial charge in [0.1, 0.15) is 5.82 Å². The maximum atomic E-state index is 12.5. The lowest BCUT2D eigenvalue weighted by atomic mass is 10.2. The predicted octanol–water partition coefficient (Wildman–Crippen LogP) is 0.769. The van der Waals surface area contributed by atoms with E-state index >= 15 is 0 Å². The van der Waals surface area contributed by atoms with E-state index in [2.05, 4.69) is 0 Å². The quantitative estimate of drug-likeness (QED) is 0.658.